The summed E-state index contributed by atoms with van der Waals surface area (Å²) in [5.74, 6) is 1.01. The zero-order valence-corrected chi connectivity index (χ0v) is 16.7. The molecule has 2 aliphatic rings. The van der Waals surface area contributed by atoms with Crippen molar-refractivity contribution in [3.05, 3.63) is 54.6 Å². The number of carbonyl (C=O) groups is 2. The van der Waals surface area contributed by atoms with E-state index in [4.69, 9.17) is 0 Å². The Balaban J connectivity index is 1.36. The average Bonchev–Trinajstić information content (AvgIpc) is 2.74. The highest BCUT2D eigenvalue weighted by Gasteiger charge is 2.29. The molecule has 0 radical (unpaired) electrons. The molecule has 2 aliphatic heterocycles. The Morgan fingerprint density at radius 2 is 1.82 bits per heavy atom. The molecule has 0 saturated carbocycles. The fourth-order valence-electron chi connectivity index (χ4n) is 3.88. The summed E-state index contributed by atoms with van der Waals surface area (Å²) in [6.07, 6.45) is 1.80. The van der Waals surface area contributed by atoms with E-state index in [2.05, 4.69) is 16.3 Å². The Labute approximate surface area is 170 Å². The van der Waals surface area contributed by atoms with E-state index in [0.717, 1.165) is 43.1 Å². The van der Waals surface area contributed by atoms with Gasteiger partial charge >= 0.3 is 0 Å². The topological polar surface area (TPSA) is 52.7 Å². The molecule has 5 nitrogen and oxygen atoms in total. The second-order valence-electron chi connectivity index (χ2n) is 7.29. The standard InChI is InChI=1S/C22H25N3O2S/c26-21(25-13-14-28-20-11-5-4-10-19(20)25)16-24-12-6-7-17(15-24)22(27)23-18-8-2-1-3-9-18/h1-5,8-11,17H,6-7,12-16H2,(H,23,27). The van der Waals surface area contributed by atoms with Gasteiger partial charge in [0.15, 0.2) is 0 Å². The van der Waals surface area contributed by atoms with Gasteiger partial charge in [-0.3, -0.25) is 14.5 Å². The highest BCUT2D eigenvalue weighted by Crippen LogP contribution is 2.34. The summed E-state index contributed by atoms with van der Waals surface area (Å²) in [4.78, 5) is 30.8. The maximum atomic E-state index is 13.0. The number of para-hydroxylation sites is 2. The van der Waals surface area contributed by atoms with Crippen molar-refractivity contribution >= 4 is 35.0 Å². The minimum Gasteiger partial charge on any atom is -0.326 e. The Morgan fingerprint density at radius 1 is 1.04 bits per heavy atom. The van der Waals surface area contributed by atoms with Crippen molar-refractivity contribution in [1.29, 1.82) is 0 Å². The smallest absolute Gasteiger partial charge is 0.241 e. The third kappa shape index (κ3) is 4.39. The molecule has 1 atom stereocenters. The minimum atomic E-state index is -0.0778. The summed E-state index contributed by atoms with van der Waals surface area (Å²) in [6, 6.07) is 17.6. The zero-order valence-electron chi connectivity index (χ0n) is 15.8. The van der Waals surface area contributed by atoms with Crippen LogP contribution >= 0.6 is 11.8 Å². The quantitative estimate of drug-likeness (QED) is 0.861. The third-order valence-corrected chi connectivity index (χ3v) is 6.35. The zero-order chi connectivity index (χ0) is 19.3. The normalized spacial score (nSPS) is 19.7. The van der Waals surface area contributed by atoms with E-state index in [1.54, 1.807) is 11.8 Å². The second kappa shape index (κ2) is 8.80. The lowest BCUT2D eigenvalue weighted by Crippen LogP contribution is -2.47. The fourth-order valence-corrected chi connectivity index (χ4v) is 4.88. The number of anilines is 2. The summed E-state index contributed by atoms with van der Waals surface area (Å²) in [5, 5.41) is 3.00. The van der Waals surface area contributed by atoms with Crippen LogP contribution in [-0.2, 0) is 9.59 Å². The number of fused-ring (bicyclic) bond motifs is 1. The number of amides is 2. The molecule has 1 N–H and O–H groups in total. The molecule has 2 amide bonds. The van der Waals surface area contributed by atoms with Crippen molar-refractivity contribution in [3.8, 4) is 0 Å². The van der Waals surface area contributed by atoms with Crippen LogP contribution in [0.3, 0.4) is 0 Å². The summed E-state index contributed by atoms with van der Waals surface area (Å²) in [7, 11) is 0. The monoisotopic (exact) mass is 395 g/mol. The molecule has 0 aliphatic carbocycles. The van der Waals surface area contributed by atoms with Crippen molar-refractivity contribution in [2.45, 2.75) is 17.7 Å². The minimum absolute atomic E-state index is 0.0445. The molecule has 4 rings (SSSR count). The molecule has 1 saturated heterocycles. The maximum Gasteiger partial charge on any atom is 0.241 e. The molecule has 28 heavy (non-hydrogen) atoms. The van der Waals surface area contributed by atoms with Crippen LogP contribution in [0.1, 0.15) is 12.8 Å². The van der Waals surface area contributed by atoms with E-state index in [9.17, 15) is 9.59 Å². The molecule has 2 heterocycles. The summed E-state index contributed by atoms with van der Waals surface area (Å²) >= 11 is 1.80. The van der Waals surface area contributed by atoms with E-state index in [1.165, 1.54) is 4.90 Å². The number of piperidine rings is 1. The third-order valence-electron chi connectivity index (χ3n) is 5.31. The van der Waals surface area contributed by atoms with Crippen molar-refractivity contribution < 1.29 is 9.59 Å². The lowest BCUT2D eigenvalue weighted by molar-refractivity contribution is -0.124. The van der Waals surface area contributed by atoms with Gasteiger partial charge < -0.3 is 10.2 Å². The largest absolute Gasteiger partial charge is 0.326 e. The number of carbonyl (C=O) groups excluding carboxylic acids is 2. The summed E-state index contributed by atoms with van der Waals surface area (Å²) in [6.45, 7) is 2.61. The van der Waals surface area contributed by atoms with E-state index in [1.807, 2.05) is 53.4 Å². The maximum absolute atomic E-state index is 13.0. The van der Waals surface area contributed by atoms with Gasteiger partial charge in [-0.15, -0.1) is 11.8 Å². The van der Waals surface area contributed by atoms with E-state index >= 15 is 0 Å². The molecular formula is C22H25N3O2S. The van der Waals surface area contributed by atoms with Gasteiger partial charge in [0.2, 0.25) is 11.8 Å². The molecular weight excluding hydrogens is 370 g/mol. The Kier molecular flexibility index (Phi) is 5.98. The fraction of sp³-hybridized carbons (Fsp3) is 0.364. The highest BCUT2D eigenvalue weighted by atomic mass is 32.2. The first-order chi connectivity index (χ1) is 13.7. The number of likely N-dealkylation sites (tertiary alicyclic amines) is 1. The molecule has 1 unspecified atom stereocenters. The molecule has 2 aromatic rings. The number of nitrogens with one attached hydrogen (secondary N) is 1. The van der Waals surface area contributed by atoms with Gasteiger partial charge in [-0.2, -0.15) is 0 Å². The van der Waals surface area contributed by atoms with Crippen molar-refractivity contribution in [3.63, 3.8) is 0 Å². The Hall–Kier alpha value is -2.31. The van der Waals surface area contributed by atoms with Gasteiger partial charge in [0, 0.05) is 29.4 Å². The summed E-state index contributed by atoms with van der Waals surface area (Å²) in [5.41, 5.74) is 1.84. The first kappa shape index (κ1) is 19.0. The molecule has 0 bridgehead atoms. The Bertz CT molecular complexity index is 843. The first-order valence-electron chi connectivity index (χ1n) is 9.81. The van der Waals surface area contributed by atoms with Crippen LogP contribution in [0.25, 0.3) is 0 Å². The predicted molar refractivity (Wildman–Crippen MR) is 114 cm³/mol. The van der Waals surface area contributed by atoms with E-state index in [0.29, 0.717) is 13.1 Å². The van der Waals surface area contributed by atoms with Crippen LogP contribution in [0, 0.1) is 5.92 Å². The van der Waals surface area contributed by atoms with Gasteiger partial charge in [0.25, 0.3) is 0 Å². The molecule has 0 aromatic heterocycles. The molecule has 146 valence electrons. The number of benzene rings is 2. The van der Waals surface area contributed by atoms with Gasteiger partial charge in [-0.05, 0) is 43.7 Å². The van der Waals surface area contributed by atoms with Crippen molar-refractivity contribution in [2.75, 3.05) is 42.1 Å². The van der Waals surface area contributed by atoms with Crippen LogP contribution in [0.2, 0.25) is 0 Å². The molecule has 6 heteroatoms. The second-order valence-corrected chi connectivity index (χ2v) is 8.43. The van der Waals surface area contributed by atoms with Crippen molar-refractivity contribution in [1.82, 2.24) is 4.90 Å². The lowest BCUT2D eigenvalue weighted by atomic mass is 9.97. The number of hydrogen-bond donors (Lipinski definition) is 1. The number of hydrogen-bond acceptors (Lipinski definition) is 4. The predicted octanol–water partition coefficient (Wildman–Crippen LogP) is 3.48. The number of thioether (sulfide) groups is 1. The number of nitrogens with zero attached hydrogens (tertiary/aromatic N) is 2. The SMILES string of the molecule is O=C(Nc1ccccc1)C1CCCN(CC(=O)N2CCSc3ccccc32)C1. The number of rotatable bonds is 4. The highest BCUT2D eigenvalue weighted by molar-refractivity contribution is 7.99. The van der Waals surface area contributed by atoms with Crippen LogP contribution in [-0.4, -0.2) is 48.6 Å². The van der Waals surface area contributed by atoms with Gasteiger partial charge in [0.05, 0.1) is 18.2 Å². The van der Waals surface area contributed by atoms with Crippen LogP contribution in [0.15, 0.2) is 59.5 Å². The van der Waals surface area contributed by atoms with Crippen LogP contribution in [0.4, 0.5) is 11.4 Å². The van der Waals surface area contributed by atoms with Crippen molar-refractivity contribution in [2.24, 2.45) is 5.92 Å². The lowest BCUT2D eigenvalue weighted by Gasteiger charge is -2.34. The molecule has 1 fully saturated rings. The van der Waals surface area contributed by atoms with E-state index < -0.39 is 0 Å². The first-order valence-corrected chi connectivity index (χ1v) is 10.8. The molecule has 0 spiro atoms. The van der Waals surface area contributed by atoms with Gasteiger partial charge in [-0.1, -0.05) is 30.3 Å². The van der Waals surface area contributed by atoms with Gasteiger partial charge in [-0.25, -0.2) is 0 Å². The Morgan fingerprint density at radius 3 is 2.68 bits per heavy atom. The van der Waals surface area contributed by atoms with Gasteiger partial charge in [0.1, 0.15) is 0 Å². The molecule has 2 aromatic carbocycles. The average molecular weight is 396 g/mol. The van der Waals surface area contributed by atoms with Crippen LogP contribution in [0.5, 0.6) is 0 Å². The van der Waals surface area contributed by atoms with E-state index in [-0.39, 0.29) is 17.7 Å². The van der Waals surface area contributed by atoms with Crippen LogP contribution < -0.4 is 10.2 Å². The summed E-state index contributed by atoms with van der Waals surface area (Å²) < 4.78 is 0.